The van der Waals surface area contributed by atoms with Gasteiger partial charge in [-0.1, -0.05) is 23.7 Å². The number of hydrogen-bond acceptors (Lipinski definition) is 4. The van der Waals surface area contributed by atoms with Crippen molar-refractivity contribution in [2.75, 3.05) is 13.7 Å². The molecule has 0 radical (unpaired) electrons. The van der Waals surface area contributed by atoms with Gasteiger partial charge in [0.05, 0.1) is 19.6 Å². The van der Waals surface area contributed by atoms with Crippen LogP contribution in [-0.2, 0) is 14.3 Å². The molecule has 0 spiro atoms. The van der Waals surface area contributed by atoms with Gasteiger partial charge in [0.1, 0.15) is 6.17 Å². The van der Waals surface area contributed by atoms with E-state index in [1.165, 1.54) is 7.11 Å². The van der Waals surface area contributed by atoms with Crippen LogP contribution < -0.4 is 5.32 Å². The summed E-state index contributed by atoms with van der Waals surface area (Å²) in [6, 6.07) is 7.04. The second kappa shape index (κ2) is 6.24. The van der Waals surface area contributed by atoms with Gasteiger partial charge in [0.25, 0.3) is 0 Å². The van der Waals surface area contributed by atoms with Crippen molar-refractivity contribution >= 4 is 23.5 Å². The van der Waals surface area contributed by atoms with E-state index >= 15 is 0 Å². The summed E-state index contributed by atoms with van der Waals surface area (Å²) >= 11 is 5.87. The summed E-state index contributed by atoms with van der Waals surface area (Å²) < 4.78 is 4.61. The lowest BCUT2D eigenvalue weighted by Crippen LogP contribution is -2.32. The molecule has 1 aromatic rings. The Bertz CT molecular complexity index is 504. The third kappa shape index (κ3) is 3.11. The van der Waals surface area contributed by atoms with Gasteiger partial charge in [-0.25, -0.2) is 0 Å². The number of halogens is 1. The fourth-order valence-electron chi connectivity index (χ4n) is 2.25. The third-order valence-electron chi connectivity index (χ3n) is 3.34. The molecule has 1 aliphatic rings. The molecule has 1 saturated heterocycles. The number of amides is 1. The Labute approximate surface area is 122 Å². The van der Waals surface area contributed by atoms with Crippen molar-refractivity contribution in [1.29, 1.82) is 0 Å². The first-order valence-corrected chi connectivity index (χ1v) is 6.79. The summed E-state index contributed by atoms with van der Waals surface area (Å²) in [5, 5.41) is 3.86. The van der Waals surface area contributed by atoms with Crippen LogP contribution in [0.3, 0.4) is 0 Å². The van der Waals surface area contributed by atoms with Gasteiger partial charge in [0, 0.05) is 11.6 Å². The van der Waals surface area contributed by atoms with E-state index in [4.69, 9.17) is 11.6 Å². The van der Waals surface area contributed by atoms with Crippen LogP contribution in [0, 0.1) is 0 Å². The largest absolute Gasteiger partial charge is 0.469 e. The van der Waals surface area contributed by atoms with E-state index in [0.29, 0.717) is 11.6 Å². The summed E-state index contributed by atoms with van der Waals surface area (Å²) in [4.78, 5) is 25.0. The molecule has 1 aliphatic heterocycles. The molecule has 20 heavy (non-hydrogen) atoms. The lowest BCUT2D eigenvalue weighted by Gasteiger charge is -2.24. The monoisotopic (exact) mass is 296 g/mol. The Morgan fingerprint density at radius 1 is 1.40 bits per heavy atom. The van der Waals surface area contributed by atoms with Crippen LogP contribution in [0.5, 0.6) is 0 Å². The number of carbonyl (C=O) groups is 2. The number of hydrogen-bond donors (Lipinski definition) is 1. The van der Waals surface area contributed by atoms with E-state index in [9.17, 15) is 9.59 Å². The number of benzene rings is 1. The number of nitrogens with one attached hydrogen (secondary N) is 1. The van der Waals surface area contributed by atoms with Gasteiger partial charge in [0.2, 0.25) is 5.91 Å². The lowest BCUT2D eigenvalue weighted by atomic mass is 10.1. The zero-order valence-corrected chi connectivity index (χ0v) is 12.2. The summed E-state index contributed by atoms with van der Waals surface area (Å²) in [6.45, 7) is 2.14. The predicted molar refractivity (Wildman–Crippen MR) is 75.1 cm³/mol. The van der Waals surface area contributed by atoms with E-state index in [2.05, 4.69) is 10.1 Å². The van der Waals surface area contributed by atoms with Crippen molar-refractivity contribution in [3.05, 3.63) is 34.9 Å². The topological polar surface area (TPSA) is 58.6 Å². The fraction of sp³-hybridized carbons (Fsp3) is 0.429. The van der Waals surface area contributed by atoms with Gasteiger partial charge in [-0.3, -0.25) is 14.9 Å². The number of methoxy groups -OCH3 is 1. The molecule has 1 fully saturated rings. The van der Waals surface area contributed by atoms with Crippen LogP contribution in [0.15, 0.2) is 24.3 Å². The number of rotatable bonds is 4. The van der Waals surface area contributed by atoms with Crippen LogP contribution in [-0.4, -0.2) is 36.5 Å². The molecule has 2 atom stereocenters. The fourth-order valence-corrected chi connectivity index (χ4v) is 2.37. The van der Waals surface area contributed by atoms with E-state index in [1.807, 2.05) is 19.1 Å². The minimum Gasteiger partial charge on any atom is -0.469 e. The maximum absolute atomic E-state index is 12.1. The van der Waals surface area contributed by atoms with E-state index in [0.717, 1.165) is 5.56 Å². The Hall–Kier alpha value is -1.59. The molecular weight excluding hydrogens is 280 g/mol. The number of nitrogens with zero attached hydrogens (tertiary/aromatic N) is 1. The first-order chi connectivity index (χ1) is 9.52. The Morgan fingerprint density at radius 3 is 2.65 bits per heavy atom. The predicted octanol–water partition coefficient (Wildman–Crippen LogP) is 1.72. The smallest absolute Gasteiger partial charge is 0.307 e. The van der Waals surface area contributed by atoms with E-state index < -0.39 is 0 Å². The van der Waals surface area contributed by atoms with Gasteiger partial charge < -0.3 is 9.64 Å². The summed E-state index contributed by atoms with van der Waals surface area (Å²) in [7, 11) is 1.34. The zero-order chi connectivity index (χ0) is 14.7. The SMILES string of the molecule is COC(=O)CCN1C(=O)C(C)NC1c1ccc(Cl)cc1. The second-order valence-corrected chi connectivity index (χ2v) is 5.14. The Balaban J connectivity index is 2.15. The maximum atomic E-state index is 12.1. The highest BCUT2D eigenvalue weighted by atomic mass is 35.5. The van der Waals surface area contributed by atoms with Crippen molar-refractivity contribution in [2.24, 2.45) is 0 Å². The lowest BCUT2D eigenvalue weighted by molar-refractivity contribution is -0.141. The van der Waals surface area contributed by atoms with Crippen LogP contribution in [0.1, 0.15) is 25.1 Å². The van der Waals surface area contributed by atoms with E-state index in [1.54, 1.807) is 17.0 Å². The van der Waals surface area contributed by atoms with Crippen molar-refractivity contribution in [2.45, 2.75) is 25.6 Å². The van der Waals surface area contributed by atoms with Crippen LogP contribution in [0.2, 0.25) is 5.02 Å². The van der Waals surface area contributed by atoms with Gasteiger partial charge in [-0.05, 0) is 24.6 Å². The number of carbonyl (C=O) groups excluding carboxylic acids is 2. The van der Waals surface area contributed by atoms with Gasteiger partial charge in [0.15, 0.2) is 0 Å². The number of esters is 1. The molecule has 2 rings (SSSR count). The highest BCUT2D eigenvalue weighted by Gasteiger charge is 2.36. The molecule has 1 heterocycles. The second-order valence-electron chi connectivity index (χ2n) is 4.70. The van der Waals surface area contributed by atoms with Crippen molar-refractivity contribution < 1.29 is 14.3 Å². The standard InChI is InChI=1S/C14H17ClN2O3/c1-9-14(19)17(8-7-12(18)20-2)13(16-9)10-3-5-11(15)6-4-10/h3-6,9,13,16H,7-8H2,1-2H3. The zero-order valence-electron chi connectivity index (χ0n) is 11.4. The van der Waals surface area contributed by atoms with Crippen LogP contribution in [0.4, 0.5) is 0 Å². The molecule has 1 aromatic carbocycles. The molecule has 0 aromatic heterocycles. The molecule has 6 heteroatoms. The molecule has 1 amide bonds. The average molecular weight is 297 g/mol. The summed E-state index contributed by atoms with van der Waals surface area (Å²) in [5.41, 5.74) is 0.942. The summed E-state index contributed by atoms with van der Waals surface area (Å²) in [6.07, 6.45) is -0.0554. The van der Waals surface area contributed by atoms with Crippen molar-refractivity contribution in [3.8, 4) is 0 Å². The van der Waals surface area contributed by atoms with Gasteiger partial charge >= 0.3 is 5.97 Å². The molecular formula is C14H17ClN2O3. The van der Waals surface area contributed by atoms with Gasteiger partial charge in [-0.15, -0.1) is 0 Å². The molecule has 108 valence electrons. The summed E-state index contributed by atoms with van der Waals surface area (Å²) in [5.74, 6) is -0.346. The Kier molecular flexibility index (Phi) is 4.62. The van der Waals surface area contributed by atoms with E-state index in [-0.39, 0.29) is 30.5 Å². The third-order valence-corrected chi connectivity index (χ3v) is 3.60. The average Bonchev–Trinajstić information content (AvgIpc) is 2.73. The van der Waals surface area contributed by atoms with Crippen LogP contribution in [0.25, 0.3) is 0 Å². The molecule has 2 unspecified atom stereocenters. The highest BCUT2D eigenvalue weighted by Crippen LogP contribution is 2.26. The molecule has 1 N–H and O–H groups in total. The maximum Gasteiger partial charge on any atom is 0.307 e. The normalized spacial score (nSPS) is 22.1. The highest BCUT2D eigenvalue weighted by molar-refractivity contribution is 6.30. The molecule has 0 saturated carbocycles. The molecule has 0 aliphatic carbocycles. The first-order valence-electron chi connectivity index (χ1n) is 6.41. The van der Waals surface area contributed by atoms with Crippen LogP contribution >= 0.6 is 11.6 Å². The minimum atomic E-state index is -0.327. The van der Waals surface area contributed by atoms with Gasteiger partial charge in [-0.2, -0.15) is 0 Å². The van der Waals surface area contributed by atoms with Crippen molar-refractivity contribution in [3.63, 3.8) is 0 Å². The Morgan fingerprint density at radius 2 is 2.05 bits per heavy atom. The number of ether oxygens (including phenoxy) is 1. The molecule has 0 bridgehead atoms. The quantitative estimate of drug-likeness (QED) is 0.860. The van der Waals surface area contributed by atoms with Crippen molar-refractivity contribution in [1.82, 2.24) is 10.2 Å². The minimum absolute atomic E-state index is 0.0196. The first kappa shape index (κ1) is 14.8. The molecule has 5 nitrogen and oxygen atoms in total.